The van der Waals surface area contributed by atoms with Crippen molar-refractivity contribution < 1.29 is 0 Å². The van der Waals surface area contributed by atoms with Crippen LogP contribution in [-0.2, 0) is 5.88 Å². The number of H-pyrrole nitrogens is 1. The van der Waals surface area contributed by atoms with E-state index < -0.39 is 0 Å². The van der Waals surface area contributed by atoms with Crippen LogP contribution in [0.1, 0.15) is 5.69 Å². The lowest BCUT2D eigenvalue weighted by Gasteiger charge is -1.93. The fourth-order valence-electron chi connectivity index (χ4n) is 1.08. The van der Waals surface area contributed by atoms with E-state index in [-0.39, 0.29) is 0 Å². The number of alkyl halides is 1. The number of aromatic nitrogens is 3. The van der Waals surface area contributed by atoms with Crippen LogP contribution in [-0.4, -0.2) is 15.0 Å². The Morgan fingerprint density at radius 1 is 1.31 bits per heavy atom. The number of imidazole rings is 1. The summed E-state index contributed by atoms with van der Waals surface area (Å²) in [6.45, 7) is 0. The van der Waals surface area contributed by atoms with Gasteiger partial charge in [0.05, 0.1) is 5.88 Å². The van der Waals surface area contributed by atoms with E-state index in [0.29, 0.717) is 5.88 Å². The normalized spacial score (nSPS) is 10.2. The molecule has 0 aliphatic rings. The predicted molar refractivity (Wildman–Crippen MR) is 51.4 cm³/mol. The van der Waals surface area contributed by atoms with Crippen molar-refractivity contribution in [3.8, 4) is 11.4 Å². The molecule has 0 radical (unpaired) electrons. The Labute approximate surface area is 80.8 Å². The van der Waals surface area contributed by atoms with Crippen molar-refractivity contribution in [1.82, 2.24) is 15.0 Å². The van der Waals surface area contributed by atoms with Crippen LogP contribution < -0.4 is 0 Å². The van der Waals surface area contributed by atoms with Gasteiger partial charge in [-0.15, -0.1) is 11.6 Å². The van der Waals surface area contributed by atoms with Gasteiger partial charge in [-0.3, -0.25) is 4.98 Å². The molecule has 0 aromatic carbocycles. The minimum atomic E-state index is 0.456. The first-order valence-corrected chi connectivity index (χ1v) is 4.44. The van der Waals surface area contributed by atoms with Crippen LogP contribution in [0.2, 0.25) is 0 Å². The Hall–Kier alpha value is -1.35. The van der Waals surface area contributed by atoms with Crippen molar-refractivity contribution in [1.29, 1.82) is 0 Å². The van der Waals surface area contributed by atoms with Crippen molar-refractivity contribution in [2.24, 2.45) is 0 Å². The molecule has 0 spiro atoms. The highest BCUT2D eigenvalue weighted by molar-refractivity contribution is 6.16. The third-order valence-corrected chi connectivity index (χ3v) is 2.01. The first-order valence-electron chi connectivity index (χ1n) is 3.90. The fraction of sp³-hybridized carbons (Fsp3) is 0.111. The summed E-state index contributed by atoms with van der Waals surface area (Å²) in [6, 6.07) is 3.80. The lowest BCUT2D eigenvalue weighted by atomic mass is 10.2. The largest absolute Gasteiger partial charge is 0.341 e. The average Bonchev–Trinajstić information content (AvgIpc) is 2.67. The molecule has 2 heterocycles. The number of hydrogen-bond donors (Lipinski definition) is 1. The topological polar surface area (TPSA) is 41.6 Å². The minimum Gasteiger partial charge on any atom is -0.341 e. The van der Waals surface area contributed by atoms with Gasteiger partial charge in [-0.1, -0.05) is 0 Å². The van der Waals surface area contributed by atoms with Gasteiger partial charge in [0.15, 0.2) is 0 Å². The molecule has 66 valence electrons. The zero-order valence-electron chi connectivity index (χ0n) is 6.87. The van der Waals surface area contributed by atoms with Crippen molar-refractivity contribution in [2.45, 2.75) is 5.88 Å². The molecule has 13 heavy (non-hydrogen) atoms. The second-order valence-electron chi connectivity index (χ2n) is 2.63. The first kappa shape index (κ1) is 8.26. The summed E-state index contributed by atoms with van der Waals surface area (Å²) in [4.78, 5) is 11.2. The van der Waals surface area contributed by atoms with E-state index in [9.17, 15) is 0 Å². The Morgan fingerprint density at radius 3 is 2.69 bits per heavy atom. The number of rotatable bonds is 2. The van der Waals surface area contributed by atoms with E-state index in [2.05, 4.69) is 15.0 Å². The van der Waals surface area contributed by atoms with Crippen molar-refractivity contribution in [3.63, 3.8) is 0 Å². The molecule has 0 aliphatic carbocycles. The van der Waals surface area contributed by atoms with Crippen LogP contribution in [0.15, 0.2) is 30.7 Å². The standard InChI is InChI=1S/C9H8ClN3/c10-5-8-6-12-9(13-8)7-1-3-11-4-2-7/h1-4,6H,5H2,(H,12,13). The molecule has 0 aliphatic heterocycles. The van der Waals surface area contributed by atoms with Gasteiger partial charge in [-0.25, -0.2) is 4.98 Å². The molecule has 2 aromatic rings. The minimum absolute atomic E-state index is 0.456. The highest BCUT2D eigenvalue weighted by Crippen LogP contribution is 2.14. The molecule has 0 saturated carbocycles. The Morgan fingerprint density at radius 2 is 2.08 bits per heavy atom. The Bertz CT molecular complexity index is 383. The molecule has 0 bridgehead atoms. The molecule has 0 saturated heterocycles. The molecule has 2 aromatic heterocycles. The van der Waals surface area contributed by atoms with E-state index in [1.165, 1.54) is 0 Å². The monoisotopic (exact) mass is 193 g/mol. The summed E-state index contributed by atoms with van der Waals surface area (Å²) in [5.74, 6) is 1.29. The second-order valence-corrected chi connectivity index (χ2v) is 2.89. The molecule has 3 nitrogen and oxygen atoms in total. The summed E-state index contributed by atoms with van der Waals surface area (Å²) >= 11 is 5.64. The molecular formula is C9H8ClN3. The van der Waals surface area contributed by atoms with Gasteiger partial charge in [0.25, 0.3) is 0 Å². The van der Waals surface area contributed by atoms with Crippen LogP contribution in [0.4, 0.5) is 0 Å². The van der Waals surface area contributed by atoms with E-state index in [1.54, 1.807) is 18.6 Å². The maximum absolute atomic E-state index is 5.64. The van der Waals surface area contributed by atoms with Gasteiger partial charge < -0.3 is 4.98 Å². The Kier molecular flexibility index (Phi) is 2.27. The first-order chi connectivity index (χ1) is 6.40. The Balaban J connectivity index is 2.36. The highest BCUT2D eigenvalue weighted by atomic mass is 35.5. The third-order valence-electron chi connectivity index (χ3n) is 1.73. The van der Waals surface area contributed by atoms with Gasteiger partial charge in [0.2, 0.25) is 0 Å². The number of hydrogen-bond acceptors (Lipinski definition) is 2. The van der Waals surface area contributed by atoms with Gasteiger partial charge in [0, 0.05) is 29.8 Å². The lowest BCUT2D eigenvalue weighted by molar-refractivity contribution is 1.22. The number of aromatic amines is 1. The third kappa shape index (κ3) is 1.70. The lowest BCUT2D eigenvalue weighted by Crippen LogP contribution is -1.81. The van der Waals surface area contributed by atoms with Crippen molar-refractivity contribution in [2.75, 3.05) is 0 Å². The van der Waals surface area contributed by atoms with E-state index in [4.69, 9.17) is 11.6 Å². The molecule has 0 unspecified atom stereocenters. The van der Waals surface area contributed by atoms with Gasteiger partial charge in [-0.05, 0) is 12.1 Å². The number of pyridine rings is 1. The molecule has 2 rings (SSSR count). The summed E-state index contributed by atoms with van der Waals surface area (Å²) in [7, 11) is 0. The van der Waals surface area contributed by atoms with E-state index in [1.807, 2.05) is 12.1 Å². The molecule has 0 amide bonds. The second kappa shape index (κ2) is 3.58. The van der Waals surface area contributed by atoms with Crippen LogP contribution in [0.5, 0.6) is 0 Å². The summed E-state index contributed by atoms with van der Waals surface area (Å²) < 4.78 is 0. The van der Waals surface area contributed by atoms with Crippen LogP contribution in [0, 0.1) is 0 Å². The van der Waals surface area contributed by atoms with Gasteiger partial charge in [-0.2, -0.15) is 0 Å². The quantitative estimate of drug-likeness (QED) is 0.743. The van der Waals surface area contributed by atoms with E-state index in [0.717, 1.165) is 17.1 Å². The zero-order valence-corrected chi connectivity index (χ0v) is 7.62. The van der Waals surface area contributed by atoms with Gasteiger partial charge >= 0.3 is 0 Å². The van der Waals surface area contributed by atoms with Crippen LogP contribution in [0.3, 0.4) is 0 Å². The summed E-state index contributed by atoms with van der Waals surface area (Å²) in [5.41, 5.74) is 1.94. The molecular weight excluding hydrogens is 186 g/mol. The van der Waals surface area contributed by atoms with Crippen LogP contribution >= 0.6 is 11.6 Å². The fourth-order valence-corrected chi connectivity index (χ4v) is 1.22. The van der Waals surface area contributed by atoms with Crippen molar-refractivity contribution >= 4 is 11.6 Å². The van der Waals surface area contributed by atoms with Crippen molar-refractivity contribution in [3.05, 3.63) is 36.4 Å². The number of nitrogens with zero attached hydrogens (tertiary/aromatic N) is 2. The molecule has 4 heteroatoms. The predicted octanol–water partition coefficient (Wildman–Crippen LogP) is 2.21. The summed E-state index contributed by atoms with van der Waals surface area (Å²) in [6.07, 6.45) is 5.21. The SMILES string of the molecule is ClCc1cnc(-c2ccncc2)[nH]1. The van der Waals surface area contributed by atoms with E-state index >= 15 is 0 Å². The van der Waals surface area contributed by atoms with Gasteiger partial charge in [0.1, 0.15) is 5.82 Å². The smallest absolute Gasteiger partial charge is 0.137 e. The average molecular weight is 194 g/mol. The highest BCUT2D eigenvalue weighted by Gasteiger charge is 2.00. The summed E-state index contributed by atoms with van der Waals surface area (Å²) in [5, 5.41) is 0. The zero-order chi connectivity index (χ0) is 9.10. The maximum atomic E-state index is 5.64. The maximum Gasteiger partial charge on any atom is 0.137 e. The van der Waals surface area contributed by atoms with Crippen LogP contribution in [0.25, 0.3) is 11.4 Å². The molecule has 0 atom stereocenters. The number of nitrogens with one attached hydrogen (secondary N) is 1. The molecule has 1 N–H and O–H groups in total. The number of halogens is 1. The molecule has 0 fully saturated rings.